The second-order valence-electron chi connectivity index (χ2n) is 5.11. The summed E-state index contributed by atoms with van der Waals surface area (Å²) in [6.45, 7) is 4.06. The minimum absolute atomic E-state index is 0.345. The van der Waals surface area contributed by atoms with Gasteiger partial charge in [-0.2, -0.15) is 4.31 Å². The monoisotopic (exact) mass is 325 g/mol. The lowest BCUT2D eigenvalue weighted by molar-refractivity contribution is 0.394. The summed E-state index contributed by atoms with van der Waals surface area (Å²) in [4.78, 5) is 1.65. The highest BCUT2D eigenvalue weighted by atomic mass is 32.2. The van der Waals surface area contributed by atoms with Crippen molar-refractivity contribution in [2.24, 2.45) is 5.73 Å². The highest BCUT2D eigenvalue weighted by Gasteiger charge is 2.30. The number of aromatic nitrogens is 1. The predicted molar refractivity (Wildman–Crippen MR) is 83.6 cm³/mol. The third-order valence-electron chi connectivity index (χ3n) is 3.92. The number of rotatable bonds is 4. The number of nitrogens with zero attached hydrogens (tertiary/aromatic N) is 2. The zero-order chi connectivity index (χ0) is 15.0. The van der Waals surface area contributed by atoms with E-state index >= 15 is 0 Å². The number of sulfonamides is 1. The van der Waals surface area contributed by atoms with Crippen molar-refractivity contribution in [3.8, 4) is 0 Å². The number of hydrogen-bond donors (Lipinski definition) is 1. The van der Waals surface area contributed by atoms with Crippen molar-refractivity contribution < 1.29 is 8.42 Å². The summed E-state index contributed by atoms with van der Waals surface area (Å²) < 4.78 is 29.0. The first-order valence-corrected chi connectivity index (χ1v) is 9.32. The quantitative estimate of drug-likeness (QED) is 0.931. The molecule has 0 saturated heterocycles. The van der Waals surface area contributed by atoms with Crippen molar-refractivity contribution in [3.63, 3.8) is 0 Å². The molecule has 5 nitrogen and oxygen atoms in total. The maximum Gasteiger partial charge on any atom is 0.244 e. The van der Waals surface area contributed by atoms with Gasteiger partial charge in [-0.15, -0.1) is 11.3 Å². The molecule has 0 aromatic carbocycles. The molecule has 114 valence electrons. The Morgan fingerprint density at radius 3 is 2.90 bits per heavy atom. The first kappa shape index (κ1) is 14.8. The molecule has 0 bridgehead atoms. The lowest BCUT2D eigenvalue weighted by Gasteiger charge is -2.25. The SMILES string of the molecule is CCn1cc(S(=O)(=O)N2CCc3sccc3C2)cc1CN. The normalized spacial score (nSPS) is 16.1. The molecular weight excluding hydrogens is 306 g/mol. The van der Waals surface area contributed by atoms with Gasteiger partial charge in [-0.1, -0.05) is 0 Å². The van der Waals surface area contributed by atoms with Crippen LogP contribution in [0.1, 0.15) is 23.1 Å². The first-order chi connectivity index (χ1) is 10.1. The summed E-state index contributed by atoms with van der Waals surface area (Å²) in [5.41, 5.74) is 7.66. The van der Waals surface area contributed by atoms with E-state index in [2.05, 4.69) is 0 Å². The van der Waals surface area contributed by atoms with Crippen molar-refractivity contribution in [2.75, 3.05) is 6.54 Å². The Hall–Kier alpha value is -1.15. The Morgan fingerprint density at radius 1 is 1.43 bits per heavy atom. The zero-order valence-electron chi connectivity index (χ0n) is 11.9. The van der Waals surface area contributed by atoms with E-state index in [9.17, 15) is 8.42 Å². The molecule has 0 amide bonds. The second kappa shape index (κ2) is 5.57. The molecule has 0 unspecified atom stereocenters. The van der Waals surface area contributed by atoms with Crippen molar-refractivity contribution >= 4 is 21.4 Å². The molecular formula is C14H19N3O2S2. The van der Waals surface area contributed by atoms with E-state index in [0.717, 1.165) is 24.2 Å². The maximum atomic E-state index is 12.8. The van der Waals surface area contributed by atoms with E-state index in [1.807, 2.05) is 22.9 Å². The molecule has 3 heterocycles. The molecule has 7 heteroatoms. The van der Waals surface area contributed by atoms with E-state index in [-0.39, 0.29) is 0 Å². The number of hydrogen-bond acceptors (Lipinski definition) is 4. The smallest absolute Gasteiger partial charge is 0.244 e. The summed E-state index contributed by atoms with van der Waals surface area (Å²) in [7, 11) is -3.44. The van der Waals surface area contributed by atoms with Crippen LogP contribution in [0.2, 0.25) is 0 Å². The fourth-order valence-corrected chi connectivity index (χ4v) is 5.08. The van der Waals surface area contributed by atoms with Crippen LogP contribution in [0, 0.1) is 0 Å². The summed E-state index contributed by atoms with van der Waals surface area (Å²) in [5, 5.41) is 2.03. The predicted octanol–water partition coefficient (Wildman–Crippen LogP) is 1.78. The van der Waals surface area contributed by atoms with Crippen molar-refractivity contribution in [1.82, 2.24) is 8.87 Å². The Balaban J connectivity index is 1.92. The highest BCUT2D eigenvalue weighted by Crippen LogP contribution is 2.28. The summed E-state index contributed by atoms with van der Waals surface area (Å²) >= 11 is 1.71. The van der Waals surface area contributed by atoms with Gasteiger partial charge in [0.05, 0.1) is 0 Å². The van der Waals surface area contributed by atoms with E-state index in [1.54, 1.807) is 27.9 Å². The lowest BCUT2D eigenvalue weighted by atomic mass is 10.1. The van der Waals surface area contributed by atoms with Gasteiger partial charge in [-0.3, -0.25) is 0 Å². The standard InChI is InChI=1S/C14H19N3O2S2/c1-2-16-10-13(7-12(16)8-15)21(18,19)17-5-3-14-11(9-17)4-6-20-14/h4,6-7,10H,2-3,5,8-9,15H2,1H3. The topological polar surface area (TPSA) is 68.3 Å². The molecule has 2 N–H and O–H groups in total. The van der Waals surface area contributed by atoms with Gasteiger partial charge in [0.25, 0.3) is 0 Å². The van der Waals surface area contributed by atoms with Crippen molar-refractivity contribution in [1.29, 1.82) is 0 Å². The lowest BCUT2D eigenvalue weighted by Crippen LogP contribution is -2.35. The van der Waals surface area contributed by atoms with Crippen LogP contribution in [0.4, 0.5) is 0 Å². The number of nitrogens with two attached hydrogens (primary N) is 1. The first-order valence-electron chi connectivity index (χ1n) is 7.00. The molecule has 2 aromatic heterocycles. The maximum absolute atomic E-state index is 12.8. The van der Waals surface area contributed by atoms with Gasteiger partial charge in [-0.05, 0) is 36.4 Å². The summed E-state index contributed by atoms with van der Waals surface area (Å²) in [5.74, 6) is 0. The molecule has 0 atom stereocenters. The van der Waals surface area contributed by atoms with E-state index < -0.39 is 10.0 Å². The van der Waals surface area contributed by atoms with Crippen LogP contribution in [0.5, 0.6) is 0 Å². The van der Waals surface area contributed by atoms with Gasteiger partial charge >= 0.3 is 0 Å². The van der Waals surface area contributed by atoms with Crippen LogP contribution in [-0.4, -0.2) is 23.8 Å². The van der Waals surface area contributed by atoms with Crippen LogP contribution < -0.4 is 5.73 Å². The van der Waals surface area contributed by atoms with Crippen LogP contribution in [0.25, 0.3) is 0 Å². The van der Waals surface area contributed by atoms with Gasteiger partial charge in [0, 0.05) is 42.9 Å². The molecule has 1 aliphatic heterocycles. The minimum atomic E-state index is -3.44. The van der Waals surface area contributed by atoms with Gasteiger partial charge in [-0.25, -0.2) is 8.42 Å². The Kier molecular flexibility index (Phi) is 3.92. The zero-order valence-corrected chi connectivity index (χ0v) is 13.6. The largest absolute Gasteiger partial charge is 0.349 e. The van der Waals surface area contributed by atoms with Crippen LogP contribution in [-0.2, 0) is 36.1 Å². The Bertz CT molecular complexity index is 725. The molecule has 1 aliphatic rings. The fraction of sp³-hybridized carbons (Fsp3) is 0.429. The second-order valence-corrected chi connectivity index (χ2v) is 8.05. The molecule has 0 saturated carbocycles. The summed E-state index contributed by atoms with van der Waals surface area (Å²) in [6.07, 6.45) is 2.49. The van der Waals surface area contributed by atoms with Crippen LogP contribution >= 0.6 is 11.3 Å². The molecule has 2 aromatic rings. The molecule has 0 aliphatic carbocycles. The third kappa shape index (κ3) is 2.55. The molecule has 21 heavy (non-hydrogen) atoms. The average molecular weight is 325 g/mol. The Labute approximate surface area is 129 Å². The van der Waals surface area contributed by atoms with E-state index in [4.69, 9.17) is 5.73 Å². The van der Waals surface area contributed by atoms with Crippen LogP contribution in [0.15, 0.2) is 28.6 Å². The summed E-state index contributed by atoms with van der Waals surface area (Å²) in [6, 6.07) is 3.71. The number of aryl methyl sites for hydroxylation is 1. The van der Waals surface area contributed by atoms with Crippen molar-refractivity contribution in [3.05, 3.63) is 39.8 Å². The van der Waals surface area contributed by atoms with E-state index in [1.165, 1.54) is 4.88 Å². The molecule has 3 rings (SSSR count). The van der Waals surface area contributed by atoms with Gasteiger partial charge in [0.15, 0.2) is 0 Å². The van der Waals surface area contributed by atoms with E-state index in [0.29, 0.717) is 24.5 Å². The molecule has 0 radical (unpaired) electrons. The number of thiophene rings is 1. The fourth-order valence-electron chi connectivity index (χ4n) is 2.71. The Morgan fingerprint density at radius 2 is 2.24 bits per heavy atom. The number of fused-ring (bicyclic) bond motifs is 1. The minimum Gasteiger partial charge on any atom is -0.349 e. The molecule has 0 fully saturated rings. The van der Waals surface area contributed by atoms with Gasteiger partial charge in [0.1, 0.15) is 4.90 Å². The third-order valence-corrected chi connectivity index (χ3v) is 6.75. The van der Waals surface area contributed by atoms with Gasteiger partial charge < -0.3 is 10.3 Å². The van der Waals surface area contributed by atoms with Gasteiger partial charge in [0.2, 0.25) is 10.0 Å². The highest BCUT2D eigenvalue weighted by molar-refractivity contribution is 7.89. The van der Waals surface area contributed by atoms with Crippen LogP contribution in [0.3, 0.4) is 0 Å². The molecule has 0 spiro atoms. The van der Waals surface area contributed by atoms with Crippen molar-refractivity contribution in [2.45, 2.75) is 37.9 Å². The average Bonchev–Trinajstić information content (AvgIpc) is 3.12.